The number of carbonyl (C=O) groups excluding carboxylic acids is 1. The second-order valence-electron chi connectivity index (χ2n) is 6.33. The maximum Gasteiger partial charge on any atom is 0.233 e. The molecule has 1 aliphatic heterocycles. The van der Waals surface area contributed by atoms with Gasteiger partial charge in [-0.15, -0.1) is 11.8 Å². The summed E-state index contributed by atoms with van der Waals surface area (Å²) in [5.41, 5.74) is 0. The Balaban J connectivity index is 2.05. The number of hydrogen-bond acceptors (Lipinski definition) is 4. The molecule has 1 aromatic heterocycles. The molecule has 124 valence electrons. The van der Waals surface area contributed by atoms with Gasteiger partial charge in [0.1, 0.15) is 16.9 Å². The molecule has 1 aromatic rings. The fourth-order valence-electron chi connectivity index (χ4n) is 2.98. The third kappa shape index (κ3) is 3.87. The van der Waals surface area contributed by atoms with E-state index in [1.165, 1.54) is 0 Å². The first kappa shape index (κ1) is 17.4. The van der Waals surface area contributed by atoms with Crippen LogP contribution in [-0.2, 0) is 11.2 Å². The van der Waals surface area contributed by atoms with Gasteiger partial charge in [0.25, 0.3) is 0 Å². The second kappa shape index (κ2) is 7.55. The normalized spacial score (nSPS) is 19.2. The van der Waals surface area contributed by atoms with Crippen molar-refractivity contribution >= 4 is 17.7 Å². The summed E-state index contributed by atoms with van der Waals surface area (Å²) in [6, 6.07) is 5.01. The molecule has 1 amide bonds. The highest BCUT2D eigenvalue weighted by Gasteiger charge is 2.35. The lowest BCUT2D eigenvalue weighted by atomic mass is 10.2. The van der Waals surface area contributed by atoms with Crippen LogP contribution in [0.2, 0.25) is 0 Å². The van der Waals surface area contributed by atoms with Gasteiger partial charge in [0.2, 0.25) is 5.91 Å². The molecule has 5 heteroatoms. The molecule has 0 aromatic carbocycles. The molecule has 1 atom stereocenters. The van der Waals surface area contributed by atoms with Crippen LogP contribution >= 0.6 is 11.8 Å². The zero-order valence-corrected chi connectivity index (χ0v) is 15.2. The highest BCUT2D eigenvalue weighted by molar-refractivity contribution is 8.00. The van der Waals surface area contributed by atoms with Crippen LogP contribution in [-0.4, -0.2) is 46.6 Å². The van der Waals surface area contributed by atoms with Gasteiger partial charge in [-0.2, -0.15) is 0 Å². The first-order chi connectivity index (χ1) is 10.4. The van der Waals surface area contributed by atoms with Crippen molar-refractivity contribution in [2.75, 3.05) is 18.8 Å². The largest absolute Gasteiger partial charge is 0.463 e. The molecule has 2 heterocycles. The minimum atomic E-state index is 0.0361. The summed E-state index contributed by atoms with van der Waals surface area (Å²) in [5.74, 6) is 2.67. The Kier molecular flexibility index (Phi) is 5.98. The molecule has 0 radical (unpaired) electrons. The molecule has 0 aliphatic carbocycles. The smallest absolute Gasteiger partial charge is 0.233 e. The predicted octanol–water partition coefficient (Wildman–Crippen LogP) is 3.53. The van der Waals surface area contributed by atoms with Crippen molar-refractivity contribution in [3.05, 3.63) is 23.7 Å². The van der Waals surface area contributed by atoms with Crippen molar-refractivity contribution in [2.45, 2.75) is 58.5 Å². The molecule has 1 saturated heterocycles. The first-order valence-electron chi connectivity index (χ1n) is 8.19. The molecular formula is C17H28N2O2S. The zero-order chi connectivity index (χ0) is 16.3. The van der Waals surface area contributed by atoms with Crippen molar-refractivity contribution < 1.29 is 9.21 Å². The lowest BCUT2D eigenvalue weighted by Gasteiger charge is -2.33. The number of furan rings is 1. The molecule has 1 unspecified atom stereocenters. The third-order valence-corrected chi connectivity index (χ3v) is 5.38. The van der Waals surface area contributed by atoms with Crippen LogP contribution in [0.3, 0.4) is 0 Å². The highest BCUT2D eigenvalue weighted by Crippen LogP contribution is 2.39. The van der Waals surface area contributed by atoms with Gasteiger partial charge >= 0.3 is 0 Å². The molecular weight excluding hydrogens is 296 g/mol. The van der Waals surface area contributed by atoms with Crippen LogP contribution < -0.4 is 0 Å². The summed E-state index contributed by atoms with van der Waals surface area (Å²) >= 11 is 1.67. The standard InChI is InChI=1S/C17H28N2O2S/c1-6-14-7-8-15(21-14)17-19(16(20)11-22-17)10-9-18(12(2)3)13(4)5/h7-8,12-13,17H,6,9-11H2,1-5H3. The third-order valence-electron chi connectivity index (χ3n) is 4.17. The Hall–Kier alpha value is -0.940. The van der Waals surface area contributed by atoms with Crippen molar-refractivity contribution in [3.63, 3.8) is 0 Å². The van der Waals surface area contributed by atoms with Gasteiger partial charge in [-0.3, -0.25) is 9.69 Å². The highest BCUT2D eigenvalue weighted by atomic mass is 32.2. The van der Waals surface area contributed by atoms with Gasteiger partial charge in [0, 0.05) is 31.6 Å². The molecule has 1 aliphatic rings. The van der Waals surface area contributed by atoms with Gasteiger partial charge in [-0.25, -0.2) is 0 Å². The molecule has 0 saturated carbocycles. The van der Waals surface area contributed by atoms with E-state index in [1.54, 1.807) is 11.8 Å². The quantitative estimate of drug-likeness (QED) is 0.769. The van der Waals surface area contributed by atoms with E-state index in [0.29, 0.717) is 17.8 Å². The lowest BCUT2D eigenvalue weighted by molar-refractivity contribution is -0.128. The van der Waals surface area contributed by atoms with E-state index in [4.69, 9.17) is 4.42 Å². The average molecular weight is 324 g/mol. The lowest BCUT2D eigenvalue weighted by Crippen LogP contribution is -2.43. The molecule has 22 heavy (non-hydrogen) atoms. The van der Waals surface area contributed by atoms with Crippen molar-refractivity contribution in [1.29, 1.82) is 0 Å². The fraction of sp³-hybridized carbons (Fsp3) is 0.706. The van der Waals surface area contributed by atoms with Crippen molar-refractivity contribution in [2.24, 2.45) is 0 Å². The Bertz CT molecular complexity index is 491. The van der Waals surface area contributed by atoms with E-state index in [-0.39, 0.29) is 11.3 Å². The van der Waals surface area contributed by atoms with Gasteiger partial charge < -0.3 is 9.32 Å². The first-order valence-corrected chi connectivity index (χ1v) is 9.24. The summed E-state index contributed by atoms with van der Waals surface area (Å²) in [4.78, 5) is 16.6. The SMILES string of the molecule is CCc1ccc(C2SCC(=O)N2CCN(C(C)C)C(C)C)o1. The maximum atomic E-state index is 12.2. The number of nitrogens with zero attached hydrogens (tertiary/aromatic N) is 2. The molecule has 0 spiro atoms. The number of hydrogen-bond donors (Lipinski definition) is 0. The summed E-state index contributed by atoms with van der Waals surface area (Å²) in [5, 5.41) is 0.0361. The van der Waals surface area contributed by atoms with E-state index >= 15 is 0 Å². The Morgan fingerprint density at radius 3 is 2.55 bits per heavy atom. The maximum absolute atomic E-state index is 12.2. The summed E-state index contributed by atoms with van der Waals surface area (Å²) in [6.45, 7) is 12.6. The Morgan fingerprint density at radius 1 is 1.32 bits per heavy atom. The number of amides is 1. The minimum Gasteiger partial charge on any atom is -0.463 e. The summed E-state index contributed by atoms with van der Waals surface area (Å²) < 4.78 is 5.87. The second-order valence-corrected chi connectivity index (χ2v) is 7.40. The van der Waals surface area contributed by atoms with Crippen molar-refractivity contribution in [3.8, 4) is 0 Å². The van der Waals surface area contributed by atoms with E-state index in [9.17, 15) is 4.79 Å². The van der Waals surface area contributed by atoms with Crippen LogP contribution in [0.4, 0.5) is 0 Å². The van der Waals surface area contributed by atoms with E-state index in [1.807, 2.05) is 17.0 Å². The molecule has 0 bridgehead atoms. The Labute approximate surface area is 138 Å². The molecule has 0 N–H and O–H groups in total. The Morgan fingerprint density at radius 2 is 2.00 bits per heavy atom. The van der Waals surface area contributed by atoms with E-state index < -0.39 is 0 Å². The topological polar surface area (TPSA) is 36.7 Å². The monoisotopic (exact) mass is 324 g/mol. The van der Waals surface area contributed by atoms with Gasteiger partial charge in [-0.1, -0.05) is 6.92 Å². The van der Waals surface area contributed by atoms with Crippen LogP contribution in [0.25, 0.3) is 0 Å². The fourth-order valence-corrected chi connectivity index (χ4v) is 4.14. The van der Waals surface area contributed by atoms with Crippen molar-refractivity contribution in [1.82, 2.24) is 9.80 Å². The zero-order valence-electron chi connectivity index (χ0n) is 14.3. The van der Waals surface area contributed by atoms with Crippen LogP contribution in [0, 0.1) is 0 Å². The van der Waals surface area contributed by atoms with Crippen LogP contribution in [0.1, 0.15) is 51.5 Å². The minimum absolute atomic E-state index is 0.0361. The summed E-state index contributed by atoms with van der Waals surface area (Å²) in [6.07, 6.45) is 0.889. The molecule has 2 rings (SSSR count). The van der Waals surface area contributed by atoms with Gasteiger partial charge in [0.05, 0.1) is 5.75 Å². The predicted molar refractivity (Wildman–Crippen MR) is 92.0 cm³/mol. The number of aryl methyl sites for hydroxylation is 1. The van der Waals surface area contributed by atoms with Crippen LogP contribution in [0.15, 0.2) is 16.5 Å². The molecule has 4 nitrogen and oxygen atoms in total. The number of rotatable bonds is 7. The summed E-state index contributed by atoms with van der Waals surface area (Å²) in [7, 11) is 0. The van der Waals surface area contributed by atoms with E-state index in [2.05, 4.69) is 39.5 Å². The number of thioether (sulfide) groups is 1. The van der Waals surface area contributed by atoms with Gasteiger partial charge in [0.15, 0.2) is 0 Å². The molecule has 1 fully saturated rings. The van der Waals surface area contributed by atoms with Crippen LogP contribution in [0.5, 0.6) is 0 Å². The number of carbonyl (C=O) groups is 1. The van der Waals surface area contributed by atoms with E-state index in [0.717, 1.165) is 31.0 Å². The van der Waals surface area contributed by atoms with Gasteiger partial charge in [-0.05, 0) is 39.8 Å². The average Bonchev–Trinajstić information content (AvgIpc) is 3.05.